The lowest BCUT2D eigenvalue weighted by molar-refractivity contribution is -0.120. The molecule has 0 fully saturated rings. The Morgan fingerprint density at radius 1 is 1.12 bits per heavy atom. The van der Waals surface area contributed by atoms with E-state index in [1.807, 2.05) is 23.6 Å². The first-order valence-corrected chi connectivity index (χ1v) is 10.6. The van der Waals surface area contributed by atoms with Crippen LogP contribution in [0.1, 0.15) is 18.2 Å². The van der Waals surface area contributed by atoms with E-state index in [-0.39, 0.29) is 5.91 Å². The van der Waals surface area contributed by atoms with Gasteiger partial charge in [-0.15, -0.1) is 23.1 Å². The number of carbonyl (C=O) groups excluding carboxylic acids is 1. The Balaban J connectivity index is 1.45. The number of thiazole rings is 1. The molecule has 1 aromatic heterocycles. The molecule has 134 valence electrons. The smallest absolute Gasteiger partial charge is 0.226 e. The molecule has 3 rings (SSSR count). The van der Waals surface area contributed by atoms with Crippen molar-refractivity contribution in [2.24, 2.45) is 0 Å². The molecule has 1 amide bonds. The summed E-state index contributed by atoms with van der Waals surface area (Å²) < 4.78 is 0. The zero-order valence-electron chi connectivity index (χ0n) is 14.8. The summed E-state index contributed by atoms with van der Waals surface area (Å²) in [5.74, 6) is 0.888. The minimum absolute atomic E-state index is 0.0249. The number of thioether (sulfide) groups is 1. The van der Waals surface area contributed by atoms with Gasteiger partial charge in [-0.25, -0.2) is 4.98 Å². The first-order valence-electron chi connectivity index (χ1n) is 8.73. The maximum absolute atomic E-state index is 12.1. The van der Waals surface area contributed by atoms with E-state index in [4.69, 9.17) is 0 Å². The third kappa shape index (κ3) is 5.44. The number of nitrogens with one attached hydrogen (secondary N) is 1. The van der Waals surface area contributed by atoms with E-state index in [0.29, 0.717) is 13.0 Å². The molecule has 0 unspecified atom stereocenters. The van der Waals surface area contributed by atoms with Gasteiger partial charge in [0.2, 0.25) is 5.91 Å². The number of hydrogen-bond acceptors (Lipinski definition) is 4. The summed E-state index contributed by atoms with van der Waals surface area (Å²) in [7, 11) is 0. The highest BCUT2D eigenvalue weighted by Gasteiger charge is 2.09. The van der Waals surface area contributed by atoms with Crippen LogP contribution < -0.4 is 5.32 Å². The van der Waals surface area contributed by atoms with E-state index in [2.05, 4.69) is 53.6 Å². The summed E-state index contributed by atoms with van der Waals surface area (Å²) in [5.41, 5.74) is 3.26. The molecule has 0 atom stereocenters. The van der Waals surface area contributed by atoms with Crippen LogP contribution in [0.15, 0.2) is 64.9 Å². The molecule has 0 saturated carbocycles. The number of carbonyl (C=O) groups is 1. The van der Waals surface area contributed by atoms with Crippen LogP contribution in [0.4, 0.5) is 0 Å². The Morgan fingerprint density at radius 2 is 1.88 bits per heavy atom. The topological polar surface area (TPSA) is 42.0 Å². The van der Waals surface area contributed by atoms with Gasteiger partial charge in [-0.3, -0.25) is 4.79 Å². The van der Waals surface area contributed by atoms with Crippen LogP contribution in [-0.4, -0.2) is 23.2 Å². The fourth-order valence-electron chi connectivity index (χ4n) is 2.51. The molecule has 5 heteroatoms. The number of nitrogens with zero attached hydrogens (tertiary/aromatic N) is 1. The van der Waals surface area contributed by atoms with Crippen LogP contribution >= 0.6 is 23.1 Å². The molecule has 0 radical (unpaired) electrons. The molecule has 0 saturated heterocycles. The summed E-state index contributed by atoms with van der Waals surface area (Å²) in [6.45, 7) is 2.81. The Kier molecular flexibility index (Phi) is 6.86. The number of aryl methyl sites for hydroxylation is 1. The lowest BCUT2D eigenvalue weighted by Gasteiger charge is -2.04. The molecule has 0 aliphatic carbocycles. The van der Waals surface area contributed by atoms with E-state index in [1.54, 1.807) is 23.1 Å². The highest BCUT2D eigenvalue weighted by Crippen LogP contribution is 2.24. The van der Waals surface area contributed by atoms with Crippen LogP contribution in [0.5, 0.6) is 0 Å². The third-order valence-corrected chi connectivity index (χ3v) is 5.89. The van der Waals surface area contributed by atoms with Crippen molar-refractivity contribution in [3.8, 4) is 10.6 Å². The van der Waals surface area contributed by atoms with Crippen molar-refractivity contribution < 1.29 is 4.79 Å². The van der Waals surface area contributed by atoms with E-state index in [9.17, 15) is 4.79 Å². The van der Waals surface area contributed by atoms with Crippen LogP contribution in [0.3, 0.4) is 0 Å². The molecule has 3 nitrogen and oxygen atoms in total. The van der Waals surface area contributed by atoms with Crippen LogP contribution in [0, 0.1) is 0 Å². The Hall–Kier alpha value is -2.11. The molecule has 0 spiro atoms. The number of hydrogen-bond donors (Lipinski definition) is 1. The largest absolute Gasteiger partial charge is 0.355 e. The third-order valence-electron chi connectivity index (χ3n) is 3.94. The number of aromatic nitrogens is 1. The van der Waals surface area contributed by atoms with Crippen molar-refractivity contribution in [3.05, 3.63) is 71.2 Å². The van der Waals surface area contributed by atoms with Crippen molar-refractivity contribution in [3.63, 3.8) is 0 Å². The molecule has 1 N–H and O–H groups in total. The summed E-state index contributed by atoms with van der Waals surface area (Å²) in [6, 6.07) is 18.7. The average molecular weight is 383 g/mol. The molecule has 26 heavy (non-hydrogen) atoms. The average Bonchev–Trinajstić information content (AvgIpc) is 3.14. The van der Waals surface area contributed by atoms with Gasteiger partial charge in [0.05, 0.1) is 12.1 Å². The van der Waals surface area contributed by atoms with E-state index in [1.165, 1.54) is 10.5 Å². The molecule has 0 bridgehead atoms. The molecular weight excluding hydrogens is 360 g/mol. The second-order valence-electron chi connectivity index (χ2n) is 5.88. The molecule has 0 aliphatic heterocycles. The lowest BCUT2D eigenvalue weighted by Crippen LogP contribution is -2.27. The Morgan fingerprint density at radius 3 is 2.62 bits per heavy atom. The number of benzene rings is 2. The van der Waals surface area contributed by atoms with Gasteiger partial charge in [0.15, 0.2) is 0 Å². The Bertz CT molecular complexity index is 829. The second kappa shape index (κ2) is 9.55. The SMILES string of the molecule is CCc1ccc(-c2nc(CC(=O)NCCSc3ccccc3)cs2)cc1. The van der Waals surface area contributed by atoms with Crippen molar-refractivity contribution in [2.75, 3.05) is 12.3 Å². The monoisotopic (exact) mass is 382 g/mol. The quantitative estimate of drug-likeness (QED) is 0.448. The summed E-state index contributed by atoms with van der Waals surface area (Å²) >= 11 is 3.33. The normalized spacial score (nSPS) is 10.7. The minimum atomic E-state index is 0.0249. The van der Waals surface area contributed by atoms with Crippen molar-refractivity contribution in [2.45, 2.75) is 24.7 Å². The van der Waals surface area contributed by atoms with Gasteiger partial charge in [-0.1, -0.05) is 49.4 Å². The van der Waals surface area contributed by atoms with Crippen molar-refractivity contribution in [1.82, 2.24) is 10.3 Å². The summed E-state index contributed by atoms with van der Waals surface area (Å²) in [4.78, 5) is 17.9. The first-order chi connectivity index (χ1) is 12.7. The Labute approximate surface area is 162 Å². The molecule has 1 heterocycles. The van der Waals surface area contributed by atoms with Gasteiger partial charge in [0, 0.05) is 28.1 Å². The van der Waals surface area contributed by atoms with E-state index < -0.39 is 0 Å². The standard InChI is InChI=1S/C21H22N2OS2/c1-2-16-8-10-17(11-9-16)21-23-18(15-26-21)14-20(24)22-12-13-25-19-6-4-3-5-7-19/h3-11,15H,2,12-14H2,1H3,(H,22,24). The van der Waals surface area contributed by atoms with E-state index in [0.717, 1.165) is 28.4 Å². The zero-order valence-corrected chi connectivity index (χ0v) is 16.4. The van der Waals surface area contributed by atoms with Gasteiger partial charge in [-0.2, -0.15) is 0 Å². The first kappa shape index (κ1) is 18.7. The predicted molar refractivity (Wildman–Crippen MR) is 111 cm³/mol. The minimum Gasteiger partial charge on any atom is -0.355 e. The second-order valence-corrected chi connectivity index (χ2v) is 7.91. The number of rotatable bonds is 8. The predicted octanol–water partition coefficient (Wildman–Crippen LogP) is 4.82. The molecular formula is C21H22N2OS2. The van der Waals surface area contributed by atoms with Crippen LogP contribution in [0.25, 0.3) is 10.6 Å². The van der Waals surface area contributed by atoms with Crippen molar-refractivity contribution >= 4 is 29.0 Å². The van der Waals surface area contributed by atoms with Crippen LogP contribution in [0.2, 0.25) is 0 Å². The van der Waals surface area contributed by atoms with Crippen molar-refractivity contribution in [1.29, 1.82) is 0 Å². The van der Waals surface area contributed by atoms with Crippen LogP contribution in [-0.2, 0) is 17.6 Å². The van der Waals surface area contributed by atoms with Gasteiger partial charge in [-0.05, 0) is 24.1 Å². The van der Waals surface area contributed by atoms with Gasteiger partial charge >= 0.3 is 0 Å². The van der Waals surface area contributed by atoms with Gasteiger partial charge < -0.3 is 5.32 Å². The maximum atomic E-state index is 12.1. The molecule has 3 aromatic rings. The zero-order chi connectivity index (χ0) is 18.2. The fraction of sp³-hybridized carbons (Fsp3) is 0.238. The van der Waals surface area contributed by atoms with Gasteiger partial charge in [0.1, 0.15) is 5.01 Å². The fourth-order valence-corrected chi connectivity index (χ4v) is 4.12. The molecule has 0 aliphatic rings. The highest BCUT2D eigenvalue weighted by molar-refractivity contribution is 7.99. The van der Waals surface area contributed by atoms with Gasteiger partial charge in [0.25, 0.3) is 0 Å². The van der Waals surface area contributed by atoms with E-state index >= 15 is 0 Å². The summed E-state index contributed by atoms with van der Waals surface area (Å²) in [5, 5.41) is 5.91. The lowest BCUT2D eigenvalue weighted by atomic mass is 10.1. The highest BCUT2D eigenvalue weighted by atomic mass is 32.2. The number of amides is 1. The maximum Gasteiger partial charge on any atom is 0.226 e. The summed E-state index contributed by atoms with van der Waals surface area (Å²) in [6.07, 6.45) is 1.37. The molecule has 2 aromatic carbocycles.